The molecule has 19 heavy (non-hydrogen) atoms. The molecule has 1 aliphatic rings. The minimum absolute atomic E-state index is 0.155. The summed E-state index contributed by atoms with van der Waals surface area (Å²) >= 11 is 0. The Hall–Kier alpha value is -0.890. The van der Waals surface area contributed by atoms with Gasteiger partial charge in [-0.2, -0.15) is 0 Å². The van der Waals surface area contributed by atoms with Crippen molar-refractivity contribution >= 4 is 0 Å². The number of benzene rings is 1. The summed E-state index contributed by atoms with van der Waals surface area (Å²) < 4.78 is 13.0. The highest BCUT2D eigenvalue weighted by Crippen LogP contribution is 2.28. The summed E-state index contributed by atoms with van der Waals surface area (Å²) in [6, 6.07) is 7.91. The number of hydrogen-bond acceptors (Lipinski definition) is 1. The van der Waals surface area contributed by atoms with Crippen LogP contribution in [-0.4, -0.2) is 6.04 Å². The first kappa shape index (κ1) is 14.5. The molecule has 1 aromatic rings. The van der Waals surface area contributed by atoms with E-state index in [0.29, 0.717) is 18.0 Å². The highest BCUT2D eigenvalue weighted by atomic mass is 19.1. The third kappa shape index (κ3) is 4.04. The molecule has 0 amide bonds. The minimum Gasteiger partial charge on any atom is -0.307 e. The van der Waals surface area contributed by atoms with Crippen molar-refractivity contribution in [3.05, 3.63) is 35.6 Å². The molecule has 1 saturated carbocycles. The second-order valence-corrected chi connectivity index (χ2v) is 6.40. The van der Waals surface area contributed by atoms with Gasteiger partial charge in [0.15, 0.2) is 0 Å². The van der Waals surface area contributed by atoms with E-state index in [0.717, 1.165) is 5.92 Å². The summed E-state index contributed by atoms with van der Waals surface area (Å²) in [6.45, 7) is 6.80. The van der Waals surface area contributed by atoms with E-state index in [4.69, 9.17) is 0 Å². The highest BCUT2D eigenvalue weighted by molar-refractivity contribution is 5.20. The summed E-state index contributed by atoms with van der Waals surface area (Å²) in [6.07, 6.45) is 5.19. The van der Waals surface area contributed by atoms with Gasteiger partial charge >= 0.3 is 0 Å². The van der Waals surface area contributed by atoms with Gasteiger partial charge in [-0.05, 0) is 55.2 Å². The maximum Gasteiger partial charge on any atom is 0.123 e. The third-order valence-corrected chi connectivity index (χ3v) is 4.33. The predicted octanol–water partition coefficient (Wildman–Crippen LogP) is 4.69. The molecular formula is C17H26FN. The molecule has 0 heterocycles. The zero-order valence-electron chi connectivity index (χ0n) is 12.3. The van der Waals surface area contributed by atoms with E-state index in [9.17, 15) is 4.39 Å². The molecule has 1 aromatic carbocycles. The van der Waals surface area contributed by atoms with Crippen molar-refractivity contribution in [3.8, 4) is 0 Å². The van der Waals surface area contributed by atoms with E-state index in [-0.39, 0.29) is 5.82 Å². The van der Waals surface area contributed by atoms with E-state index < -0.39 is 0 Å². The quantitative estimate of drug-likeness (QED) is 0.831. The number of nitrogens with one attached hydrogen (secondary N) is 1. The Balaban J connectivity index is 2.02. The van der Waals surface area contributed by atoms with Gasteiger partial charge in [0.05, 0.1) is 0 Å². The lowest BCUT2D eigenvalue weighted by Crippen LogP contribution is -2.37. The van der Waals surface area contributed by atoms with Crippen LogP contribution in [0.3, 0.4) is 0 Å². The average molecular weight is 263 g/mol. The Labute approximate surface area is 116 Å². The molecule has 2 rings (SSSR count). The maximum absolute atomic E-state index is 13.0. The van der Waals surface area contributed by atoms with Crippen LogP contribution in [-0.2, 0) is 0 Å². The van der Waals surface area contributed by atoms with Crippen molar-refractivity contribution in [1.82, 2.24) is 5.32 Å². The Morgan fingerprint density at radius 1 is 1.05 bits per heavy atom. The lowest BCUT2D eigenvalue weighted by molar-refractivity contribution is 0.264. The molecule has 1 N–H and O–H groups in total. The molecule has 1 unspecified atom stereocenters. The first-order chi connectivity index (χ1) is 9.06. The summed E-state index contributed by atoms with van der Waals surface area (Å²) in [7, 11) is 0. The van der Waals surface area contributed by atoms with Gasteiger partial charge in [0, 0.05) is 12.1 Å². The monoisotopic (exact) mass is 263 g/mol. The zero-order chi connectivity index (χ0) is 13.8. The van der Waals surface area contributed by atoms with Gasteiger partial charge in [-0.15, -0.1) is 0 Å². The number of hydrogen-bond donors (Lipinski definition) is 1. The molecule has 1 fully saturated rings. The SMILES string of the molecule is CC1CCC(NC(c2ccc(F)cc2)C(C)C)CC1. The van der Waals surface area contributed by atoms with Crippen molar-refractivity contribution in [2.45, 2.75) is 58.5 Å². The van der Waals surface area contributed by atoms with Crippen LogP contribution in [0.2, 0.25) is 0 Å². The topological polar surface area (TPSA) is 12.0 Å². The molecule has 1 nitrogen and oxygen atoms in total. The first-order valence-corrected chi connectivity index (χ1v) is 7.57. The standard InChI is InChI=1S/C17H26FN/c1-12(2)17(14-6-8-15(18)9-7-14)19-16-10-4-13(3)5-11-16/h6-9,12-13,16-17,19H,4-5,10-11H2,1-3H3. The molecule has 0 aromatic heterocycles. The van der Waals surface area contributed by atoms with Crippen molar-refractivity contribution in [2.24, 2.45) is 11.8 Å². The van der Waals surface area contributed by atoms with Gasteiger partial charge in [-0.1, -0.05) is 32.9 Å². The maximum atomic E-state index is 13.0. The first-order valence-electron chi connectivity index (χ1n) is 7.57. The second kappa shape index (κ2) is 6.51. The third-order valence-electron chi connectivity index (χ3n) is 4.33. The number of halogens is 1. The highest BCUT2D eigenvalue weighted by Gasteiger charge is 2.23. The molecule has 106 valence electrons. The van der Waals surface area contributed by atoms with Gasteiger partial charge < -0.3 is 5.32 Å². The summed E-state index contributed by atoms with van der Waals surface area (Å²) in [4.78, 5) is 0. The molecule has 0 bridgehead atoms. The normalized spacial score (nSPS) is 25.5. The molecule has 0 aliphatic heterocycles. The van der Waals surface area contributed by atoms with Crippen molar-refractivity contribution in [1.29, 1.82) is 0 Å². The Bertz CT molecular complexity index is 377. The van der Waals surface area contributed by atoms with E-state index in [1.807, 2.05) is 12.1 Å². The summed E-state index contributed by atoms with van der Waals surface area (Å²) in [5.41, 5.74) is 1.20. The summed E-state index contributed by atoms with van der Waals surface area (Å²) in [5.74, 6) is 1.24. The van der Waals surface area contributed by atoms with E-state index in [1.165, 1.54) is 31.2 Å². The van der Waals surface area contributed by atoms with Gasteiger partial charge in [-0.3, -0.25) is 0 Å². The second-order valence-electron chi connectivity index (χ2n) is 6.40. The van der Waals surface area contributed by atoms with Crippen LogP contribution < -0.4 is 5.32 Å². The predicted molar refractivity (Wildman–Crippen MR) is 78.5 cm³/mol. The van der Waals surface area contributed by atoms with Crippen molar-refractivity contribution in [2.75, 3.05) is 0 Å². The lowest BCUT2D eigenvalue weighted by Gasteiger charge is -2.33. The van der Waals surface area contributed by atoms with Crippen molar-refractivity contribution < 1.29 is 4.39 Å². The molecular weight excluding hydrogens is 237 g/mol. The Kier molecular flexibility index (Phi) is 4.98. The van der Waals surface area contributed by atoms with Crippen LogP contribution in [0.15, 0.2) is 24.3 Å². The molecule has 0 saturated heterocycles. The largest absolute Gasteiger partial charge is 0.307 e. The molecule has 0 radical (unpaired) electrons. The number of rotatable bonds is 4. The van der Waals surface area contributed by atoms with Crippen LogP contribution >= 0.6 is 0 Å². The van der Waals surface area contributed by atoms with E-state index in [1.54, 1.807) is 12.1 Å². The van der Waals surface area contributed by atoms with E-state index >= 15 is 0 Å². The van der Waals surface area contributed by atoms with Gasteiger partial charge in [0.1, 0.15) is 5.82 Å². The smallest absolute Gasteiger partial charge is 0.123 e. The van der Waals surface area contributed by atoms with Gasteiger partial charge in [-0.25, -0.2) is 4.39 Å². The van der Waals surface area contributed by atoms with Crippen LogP contribution in [0.4, 0.5) is 4.39 Å². The van der Waals surface area contributed by atoms with Gasteiger partial charge in [0.25, 0.3) is 0 Å². The fourth-order valence-corrected chi connectivity index (χ4v) is 3.02. The Morgan fingerprint density at radius 3 is 2.16 bits per heavy atom. The van der Waals surface area contributed by atoms with Crippen LogP contribution in [0, 0.1) is 17.7 Å². The molecule has 1 aliphatic carbocycles. The molecule has 2 heteroatoms. The lowest BCUT2D eigenvalue weighted by atomic mass is 9.85. The summed E-state index contributed by atoms with van der Waals surface area (Å²) in [5, 5.41) is 3.79. The van der Waals surface area contributed by atoms with Gasteiger partial charge in [0.2, 0.25) is 0 Å². The van der Waals surface area contributed by atoms with Crippen LogP contribution in [0.5, 0.6) is 0 Å². The fourth-order valence-electron chi connectivity index (χ4n) is 3.02. The van der Waals surface area contributed by atoms with E-state index in [2.05, 4.69) is 26.1 Å². The fraction of sp³-hybridized carbons (Fsp3) is 0.647. The Morgan fingerprint density at radius 2 is 1.63 bits per heavy atom. The zero-order valence-corrected chi connectivity index (χ0v) is 12.3. The van der Waals surface area contributed by atoms with Crippen LogP contribution in [0.1, 0.15) is 58.1 Å². The minimum atomic E-state index is -0.155. The molecule has 0 spiro atoms. The van der Waals surface area contributed by atoms with Crippen molar-refractivity contribution in [3.63, 3.8) is 0 Å². The molecule has 1 atom stereocenters. The van der Waals surface area contributed by atoms with Crippen LogP contribution in [0.25, 0.3) is 0 Å². The average Bonchev–Trinajstić information content (AvgIpc) is 2.39.